The lowest BCUT2D eigenvalue weighted by atomic mass is 9.74. The average Bonchev–Trinajstić information content (AvgIpc) is 3.11. The predicted octanol–water partition coefficient (Wildman–Crippen LogP) is -0.713. The number of aromatic nitrogens is 2. The van der Waals surface area contributed by atoms with E-state index in [9.17, 15) is 9.59 Å². The summed E-state index contributed by atoms with van der Waals surface area (Å²) >= 11 is 0. The highest BCUT2D eigenvalue weighted by atomic mass is 16.5. The molecule has 0 unspecified atom stereocenters. The van der Waals surface area contributed by atoms with Crippen LogP contribution >= 0.6 is 0 Å². The zero-order chi connectivity index (χ0) is 16.4. The molecule has 2 N–H and O–H groups in total. The molecule has 0 radical (unpaired) electrons. The Balaban J connectivity index is 1.56. The van der Waals surface area contributed by atoms with E-state index in [4.69, 9.17) is 15.2 Å². The molecule has 3 heterocycles. The Hall–Kier alpha value is -1.93. The van der Waals surface area contributed by atoms with Gasteiger partial charge in [0.2, 0.25) is 11.8 Å². The standard InChI is InChI=1S/C15H22N4O4/c1-18-12(2-4-17-18)8-23-9-13(20)19-6-11-7-22-5-3-15(11,10-19)14(16)21/h2,4,11H,3,5-10H2,1H3,(H2,16,21)/t11-,15+/m1/s1. The molecule has 1 aromatic rings. The molecule has 126 valence electrons. The van der Waals surface area contributed by atoms with Crippen molar-refractivity contribution in [1.82, 2.24) is 14.7 Å². The molecule has 2 amide bonds. The Kier molecular flexibility index (Phi) is 4.36. The summed E-state index contributed by atoms with van der Waals surface area (Å²) in [6.45, 7) is 2.15. The van der Waals surface area contributed by atoms with Crippen LogP contribution < -0.4 is 5.73 Å². The minimum Gasteiger partial charge on any atom is -0.381 e. The number of amides is 2. The van der Waals surface area contributed by atoms with Crippen LogP contribution in [-0.4, -0.2) is 59.4 Å². The van der Waals surface area contributed by atoms with Crippen molar-refractivity contribution >= 4 is 11.8 Å². The molecular formula is C15H22N4O4. The van der Waals surface area contributed by atoms with Crippen molar-refractivity contribution < 1.29 is 19.1 Å². The van der Waals surface area contributed by atoms with Gasteiger partial charge in [0, 0.05) is 38.9 Å². The summed E-state index contributed by atoms with van der Waals surface area (Å²) < 4.78 is 12.6. The van der Waals surface area contributed by atoms with Crippen LogP contribution in [0.1, 0.15) is 12.1 Å². The molecule has 2 fully saturated rings. The fourth-order valence-electron chi connectivity index (χ4n) is 3.42. The first-order valence-electron chi connectivity index (χ1n) is 7.73. The van der Waals surface area contributed by atoms with E-state index in [0.717, 1.165) is 5.69 Å². The van der Waals surface area contributed by atoms with Gasteiger partial charge in [0.15, 0.2) is 0 Å². The van der Waals surface area contributed by atoms with Crippen LogP contribution in [0, 0.1) is 11.3 Å². The number of nitrogens with two attached hydrogens (primary N) is 1. The maximum absolute atomic E-state index is 12.4. The molecule has 2 atom stereocenters. The van der Waals surface area contributed by atoms with Gasteiger partial charge in [-0.1, -0.05) is 0 Å². The predicted molar refractivity (Wildman–Crippen MR) is 80.0 cm³/mol. The zero-order valence-electron chi connectivity index (χ0n) is 13.2. The topological polar surface area (TPSA) is 99.7 Å². The lowest BCUT2D eigenvalue weighted by Gasteiger charge is -2.34. The number of ether oxygens (including phenoxy) is 2. The average molecular weight is 322 g/mol. The van der Waals surface area contributed by atoms with Crippen molar-refractivity contribution in [2.45, 2.75) is 13.0 Å². The highest BCUT2D eigenvalue weighted by molar-refractivity contribution is 5.85. The molecule has 0 saturated carbocycles. The van der Waals surface area contributed by atoms with E-state index in [0.29, 0.717) is 39.3 Å². The van der Waals surface area contributed by atoms with E-state index in [1.807, 2.05) is 13.1 Å². The summed E-state index contributed by atoms with van der Waals surface area (Å²) in [6, 6.07) is 1.84. The van der Waals surface area contributed by atoms with Gasteiger partial charge >= 0.3 is 0 Å². The third-order valence-electron chi connectivity index (χ3n) is 4.95. The number of likely N-dealkylation sites (tertiary alicyclic amines) is 1. The molecule has 2 saturated heterocycles. The second kappa shape index (κ2) is 6.29. The lowest BCUT2D eigenvalue weighted by molar-refractivity contribution is -0.138. The number of rotatable bonds is 5. The molecule has 8 heteroatoms. The number of hydrogen-bond donors (Lipinski definition) is 1. The van der Waals surface area contributed by atoms with E-state index >= 15 is 0 Å². The number of primary amides is 1. The molecule has 2 aliphatic heterocycles. The van der Waals surface area contributed by atoms with Gasteiger partial charge in [0.1, 0.15) is 6.61 Å². The molecule has 2 aliphatic rings. The van der Waals surface area contributed by atoms with Crippen molar-refractivity contribution in [3.8, 4) is 0 Å². The van der Waals surface area contributed by atoms with Gasteiger partial charge < -0.3 is 20.1 Å². The first kappa shape index (κ1) is 15.9. The fourth-order valence-corrected chi connectivity index (χ4v) is 3.42. The van der Waals surface area contributed by atoms with Gasteiger partial charge in [-0.05, 0) is 12.5 Å². The van der Waals surface area contributed by atoms with Crippen molar-refractivity contribution in [2.24, 2.45) is 24.1 Å². The maximum Gasteiger partial charge on any atom is 0.248 e. The van der Waals surface area contributed by atoms with Gasteiger partial charge in [0.05, 0.1) is 24.3 Å². The third kappa shape index (κ3) is 2.96. The Morgan fingerprint density at radius 3 is 3.04 bits per heavy atom. The summed E-state index contributed by atoms with van der Waals surface area (Å²) in [5, 5.41) is 4.05. The zero-order valence-corrected chi connectivity index (χ0v) is 13.2. The number of hydrogen-bond acceptors (Lipinski definition) is 5. The Morgan fingerprint density at radius 2 is 2.39 bits per heavy atom. The Bertz CT molecular complexity index is 602. The number of fused-ring (bicyclic) bond motifs is 1. The van der Waals surface area contributed by atoms with Crippen LogP contribution in [0.2, 0.25) is 0 Å². The van der Waals surface area contributed by atoms with Gasteiger partial charge in [-0.3, -0.25) is 14.3 Å². The highest BCUT2D eigenvalue weighted by Crippen LogP contribution is 2.41. The van der Waals surface area contributed by atoms with Crippen molar-refractivity contribution in [1.29, 1.82) is 0 Å². The maximum atomic E-state index is 12.4. The van der Waals surface area contributed by atoms with E-state index in [-0.39, 0.29) is 24.3 Å². The minimum absolute atomic E-state index is 0.0187. The quantitative estimate of drug-likeness (QED) is 0.772. The monoisotopic (exact) mass is 322 g/mol. The van der Waals surface area contributed by atoms with E-state index in [1.54, 1.807) is 15.8 Å². The Labute approximate surface area is 134 Å². The molecule has 0 bridgehead atoms. The van der Waals surface area contributed by atoms with Crippen LogP contribution in [0.15, 0.2) is 12.3 Å². The van der Waals surface area contributed by atoms with Crippen LogP contribution in [0.4, 0.5) is 0 Å². The second-order valence-electron chi connectivity index (χ2n) is 6.26. The van der Waals surface area contributed by atoms with Crippen LogP contribution in [0.3, 0.4) is 0 Å². The summed E-state index contributed by atoms with van der Waals surface area (Å²) in [4.78, 5) is 25.9. The Morgan fingerprint density at radius 1 is 1.57 bits per heavy atom. The molecular weight excluding hydrogens is 300 g/mol. The number of carbonyl (C=O) groups excluding carboxylic acids is 2. The number of aryl methyl sites for hydroxylation is 1. The molecule has 3 rings (SSSR count). The van der Waals surface area contributed by atoms with Crippen LogP contribution in [0.5, 0.6) is 0 Å². The van der Waals surface area contributed by atoms with Crippen molar-refractivity contribution in [2.75, 3.05) is 32.9 Å². The highest BCUT2D eigenvalue weighted by Gasteiger charge is 2.53. The van der Waals surface area contributed by atoms with Gasteiger partial charge in [-0.15, -0.1) is 0 Å². The van der Waals surface area contributed by atoms with E-state index < -0.39 is 5.41 Å². The molecule has 1 aromatic heterocycles. The van der Waals surface area contributed by atoms with Gasteiger partial charge in [0.25, 0.3) is 0 Å². The first-order chi connectivity index (χ1) is 11.0. The van der Waals surface area contributed by atoms with E-state index in [2.05, 4.69) is 5.10 Å². The smallest absolute Gasteiger partial charge is 0.248 e. The third-order valence-corrected chi connectivity index (χ3v) is 4.95. The number of nitrogens with zero attached hydrogens (tertiary/aromatic N) is 3. The first-order valence-corrected chi connectivity index (χ1v) is 7.73. The molecule has 0 aliphatic carbocycles. The number of carbonyl (C=O) groups is 2. The molecule has 23 heavy (non-hydrogen) atoms. The van der Waals surface area contributed by atoms with Crippen molar-refractivity contribution in [3.05, 3.63) is 18.0 Å². The van der Waals surface area contributed by atoms with Crippen LogP contribution in [0.25, 0.3) is 0 Å². The molecule has 0 spiro atoms. The van der Waals surface area contributed by atoms with E-state index in [1.165, 1.54) is 0 Å². The largest absolute Gasteiger partial charge is 0.381 e. The summed E-state index contributed by atoms with van der Waals surface area (Å²) in [6.07, 6.45) is 2.26. The SMILES string of the molecule is Cn1nccc1COCC(=O)N1C[C@@H]2COCC[C@]2(C(N)=O)C1. The fraction of sp³-hybridized carbons (Fsp3) is 0.667. The van der Waals surface area contributed by atoms with Crippen LogP contribution in [-0.2, 0) is 32.7 Å². The van der Waals surface area contributed by atoms with Gasteiger partial charge in [-0.25, -0.2) is 0 Å². The lowest BCUT2D eigenvalue weighted by Crippen LogP contribution is -2.48. The summed E-state index contributed by atoms with van der Waals surface area (Å²) in [7, 11) is 1.82. The summed E-state index contributed by atoms with van der Waals surface area (Å²) in [5.74, 6) is -0.478. The second-order valence-corrected chi connectivity index (χ2v) is 6.26. The summed E-state index contributed by atoms with van der Waals surface area (Å²) in [5.41, 5.74) is 5.87. The van der Waals surface area contributed by atoms with Gasteiger partial charge in [-0.2, -0.15) is 5.10 Å². The molecule has 0 aromatic carbocycles. The minimum atomic E-state index is -0.643. The normalized spacial score (nSPS) is 27.0. The van der Waals surface area contributed by atoms with Crippen molar-refractivity contribution in [3.63, 3.8) is 0 Å². The molecule has 8 nitrogen and oxygen atoms in total.